The monoisotopic (exact) mass is 668 g/mol. The molecule has 1 saturated carbocycles. The largest absolute Gasteiger partial charge is 0.493 e. The fourth-order valence-electron chi connectivity index (χ4n) is 7.73. The Bertz CT molecular complexity index is 1530. The Morgan fingerprint density at radius 1 is 1.06 bits per heavy atom. The summed E-state index contributed by atoms with van der Waals surface area (Å²) in [7, 11) is 0. The summed E-state index contributed by atoms with van der Waals surface area (Å²) >= 11 is 0. The average Bonchev–Trinajstić information content (AvgIpc) is 3.07. The number of aromatic nitrogens is 1. The summed E-state index contributed by atoms with van der Waals surface area (Å²) in [5.41, 5.74) is -2.55. The normalized spacial score (nSPS) is 21.9. The van der Waals surface area contributed by atoms with Crippen LogP contribution in [0.5, 0.6) is 5.75 Å². The zero-order valence-corrected chi connectivity index (χ0v) is 27.3. The number of amides is 2. The highest BCUT2D eigenvalue weighted by Crippen LogP contribution is 2.45. The second kappa shape index (κ2) is 14.5. The van der Waals surface area contributed by atoms with Gasteiger partial charge in [0.2, 0.25) is 5.91 Å². The molecule has 3 heterocycles. The van der Waals surface area contributed by atoms with E-state index in [1.165, 1.54) is 11.1 Å². The van der Waals surface area contributed by atoms with Crippen LogP contribution in [0.15, 0.2) is 42.6 Å². The highest BCUT2D eigenvalue weighted by Gasteiger charge is 2.46. The Balaban J connectivity index is 1.26. The predicted octanol–water partition coefficient (Wildman–Crippen LogP) is 6.62. The number of ether oxygens (including phenoxy) is 1. The Morgan fingerprint density at radius 3 is 2.42 bits per heavy atom. The lowest BCUT2D eigenvalue weighted by Gasteiger charge is -2.44. The van der Waals surface area contributed by atoms with Crippen LogP contribution in [0.25, 0.3) is 0 Å². The van der Waals surface area contributed by atoms with Gasteiger partial charge in [0.15, 0.2) is 0 Å². The lowest BCUT2D eigenvalue weighted by Crippen LogP contribution is -2.55. The summed E-state index contributed by atoms with van der Waals surface area (Å²) in [5, 5.41) is 20.1. The molecule has 1 aromatic heterocycles. The van der Waals surface area contributed by atoms with Gasteiger partial charge in [0, 0.05) is 37.4 Å². The lowest BCUT2D eigenvalue weighted by molar-refractivity contribution is -0.155. The van der Waals surface area contributed by atoms with Crippen molar-refractivity contribution in [3.8, 4) is 11.8 Å². The number of nitriles is 1. The molecule has 1 aliphatic carbocycles. The number of hydrogen-bond donors (Lipinski definition) is 1. The maximum Gasteiger partial charge on any atom is 0.418 e. The molecule has 48 heavy (non-hydrogen) atoms. The number of carboxylic acid groups (broad SMARTS) is 1. The van der Waals surface area contributed by atoms with Crippen LogP contribution in [-0.2, 0) is 21.2 Å². The fraction of sp³-hybridized carbons (Fsp3) is 0.583. The number of carboxylic acids is 1. The Kier molecular flexibility index (Phi) is 10.7. The van der Waals surface area contributed by atoms with Gasteiger partial charge in [-0.3, -0.25) is 19.4 Å². The molecule has 3 aliphatic rings. The highest BCUT2D eigenvalue weighted by atomic mass is 19.4. The number of aliphatic carboxylic acids is 1. The van der Waals surface area contributed by atoms with Gasteiger partial charge in [-0.05, 0) is 76.0 Å². The summed E-state index contributed by atoms with van der Waals surface area (Å²) in [5.74, 6) is -1.72. The van der Waals surface area contributed by atoms with Crippen molar-refractivity contribution in [1.29, 1.82) is 5.26 Å². The van der Waals surface area contributed by atoms with Crippen LogP contribution in [-0.4, -0.2) is 70.0 Å². The maximum absolute atomic E-state index is 14.0. The van der Waals surface area contributed by atoms with E-state index in [9.17, 15) is 37.9 Å². The van der Waals surface area contributed by atoms with E-state index < -0.39 is 52.1 Å². The third-order valence-corrected chi connectivity index (χ3v) is 10.6. The van der Waals surface area contributed by atoms with Crippen molar-refractivity contribution in [2.75, 3.05) is 26.2 Å². The first-order valence-corrected chi connectivity index (χ1v) is 17.0. The molecule has 0 radical (unpaired) electrons. The third-order valence-electron chi connectivity index (χ3n) is 10.6. The average molecular weight is 669 g/mol. The number of rotatable bonds is 11. The summed E-state index contributed by atoms with van der Waals surface area (Å²) in [6.07, 6.45) is 2.68. The van der Waals surface area contributed by atoms with Crippen molar-refractivity contribution < 1.29 is 37.4 Å². The van der Waals surface area contributed by atoms with Gasteiger partial charge in [-0.2, -0.15) is 18.4 Å². The topological polar surface area (TPSA) is 124 Å². The second-order valence-corrected chi connectivity index (χ2v) is 13.4. The smallest absolute Gasteiger partial charge is 0.418 e. The molecular weight excluding hydrogens is 625 g/mol. The lowest BCUT2D eigenvalue weighted by atomic mass is 9.66. The van der Waals surface area contributed by atoms with E-state index in [1.54, 1.807) is 4.90 Å². The Labute approximate surface area is 279 Å². The summed E-state index contributed by atoms with van der Waals surface area (Å²) in [4.78, 5) is 46.3. The van der Waals surface area contributed by atoms with Gasteiger partial charge in [0.05, 0.1) is 35.0 Å². The molecule has 2 amide bonds. The molecule has 3 fully saturated rings. The minimum Gasteiger partial charge on any atom is -0.493 e. The molecule has 1 aromatic carbocycles. The first kappa shape index (κ1) is 35.2. The molecule has 2 saturated heterocycles. The molecule has 5 rings (SSSR count). The van der Waals surface area contributed by atoms with Crippen LogP contribution in [0.2, 0.25) is 0 Å². The van der Waals surface area contributed by atoms with E-state index >= 15 is 0 Å². The molecule has 258 valence electrons. The van der Waals surface area contributed by atoms with E-state index in [1.807, 2.05) is 31.2 Å². The molecule has 2 aromatic rings. The second-order valence-electron chi connectivity index (χ2n) is 13.4. The standard InChI is InChI=1S/C36H43F3N4O5/c1-2-9-28-25(10-6-20-43(28)32(45)30-27(36(37,38)39)12-5-19-41-30)31(44)42-21-17-35(24-40,18-22-42)26-11-3-4-13-29(26)48-23-8-16-34(33(46)47)14-7-15-34/h3-5,11-13,19,25,28H,2,6-10,14-18,20-23H2,1H3,(H,46,47). The zero-order valence-electron chi connectivity index (χ0n) is 27.3. The highest BCUT2D eigenvalue weighted by molar-refractivity contribution is 5.95. The number of para-hydroxylation sites is 1. The number of halogens is 3. The van der Waals surface area contributed by atoms with Crippen molar-refractivity contribution >= 4 is 17.8 Å². The number of carbonyl (C=O) groups is 3. The Morgan fingerprint density at radius 2 is 1.79 bits per heavy atom. The fourth-order valence-corrected chi connectivity index (χ4v) is 7.73. The minimum absolute atomic E-state index is 0.151. The molecule has 2 unspecified atom stereocenters. The first-order chi connectivity index (χ1) is 23.0. The number of nitrogens with zero attached hydrogens (tertiary/aromatic N) is 4. The van der Waals surface area contributed by atoms with Crippen molar-refractivity contribution in [2.24, 2.45) is 11.3 Å². The van der Waals surface area contributed by atoms with E-state index in [-0.39, 0.29) is 12.5 Å². The van der Waals surface area contributed by atoms with Crippen molar-refractivity contribution in [1.82, 2.24) is 14.8 Å². The summed E-state index contributed by atoms with van der Waals surface area (Å²) in [6, 6.07) is 11.3. The number of hydrogen-bond acceptors (Lipinski definition) is 6. The molecule has 9 nitrogen and oxygen atoms in total. The molecule has 1 N–H and O–H groups in total. The predicted molar refractivity (Wildman–Crippen MR) is 170 cm³/mol. The van der Waals surface area contributed by atoms with E-state index in [0.29, 0.717) is 89.7 Å². The van der Waals surface area contributed by atoms with Gasteiger partial charge >= 0.3 is 12.1 Å². The summed E-state index contributed by atoms with van der Waals surface area (Å²) in [6.45, 7) is 3.11. The number of benzene rings is 1. The van der Waals surface area contributed by atoms with Crippen LogP contribution in [0.1, 0.15) is 99.2 Å². The Hall–Kier alpha value is -4.14. The number of pyridine rings is 1. The SMILES string of the molecule is CCCC1C(C(=O)N2CCC(C#N)(c3ccccc3OCCCC3(C(=O)O)CCC3)CC2)CCCN1C(=O)c1ncccc1C(F)(F)F. The van der Waals surface area contributed by atoms with Gasteiger partial charge in [-0.1, -0.05) is 38.0 Å². The third kappa shape index (κ3) is 7.01. The molecule has 2 aliphatic heterocycles. The maximum atomic E-state index is 14.0. The van der Waals surface area contributed by atoms with Gasteiger partial charge in [-0.25, -0.2) is 0 Å². The molecular formula is C36H43F3N4O5. The van der Waals surface area contributed by atoms with Crippen molar-refractivity contribution in [3.05, 3.63) is 59.4 Å². The number of piperidine rings is 2. The first-order valence-electron chi connectivity index (χ1n) is 17.0. The summed E-state index contributed by atoms with van der Waals surface area (Å²) < 4.78 is 47.4. The number of likely N-dealkylation sites (tertiary alicyclic amines) is 2. The molecule has 2 atom stereocenters. The van der Waals surface area contributed by atoms with Crippen LogP contribution in [0.3, 0.4) is 0 Å². The molecule has 0 bridgehead atoms. The van der Waals surface area contributed by atoms with Crippen LogP contribution >= 0.6 is 0 Å². The van der Waals surface area contributed by atoms with Crippen LogP contribution in [0.4, 0.5) is 13.2 Å². The van der Waals surface area contributed by atoms with Crippen molar-refractivity contribution in [2.45, 2.75) is 95.2 Å². The van der Waals surface area contributed by atoms with Crippen LogP contribution < -0.4 is 4.74 Å². The van der Waals surface area contributed by atoms with Crippen LogP contribution in [0, 0.1) is 22.7 Å². The minimum atomic E-state index is -4.74. The quantitative estimate of drug-likeness (QED) is 0.267. The molecule has 12 heteroatoms. The van der Waals surface area contributed by atoms with Crippen molar-refractivity contribution in [3.63, 3.8) is 0 Å². The van der Waals surface area contributed by atoms with Gasteiger partial charge in [0.25, 0.3) is 5.91 Å². The van der Waals surface area contributed by atoms with Gasteiger partial charge in [0.1, 0.15) is 11.4 Å². The molecule has 0 spiro atoms. The number of carbonyl (C=O) groups excluding carboxylic acids is 2. The van der Waals surface area contributed by atoms with Gasteiger partial charge in [-0.15, -0.1) is 0 Å². The number of alkyl halides is 3. The van der Waals surface area contributed by atoms with E-state index in [0.717, 1.165) is 24.1 Å². The zero-order chi connectivity index (χ0) is 34.5. The van der Waals surface area contributed by atoms with Gasteiger partial charge < -0.3 is 19.6 Å². The van der Waals surface area contributed by atoms with E-state index in [2.05, 4.69) is 11.1 Å². The van der Waals surface area contributed by atoms with E-state index in [4.69, 9.17) is 4.74 Å².